The standard InChI is InChI=1S/C25H38N6S.C7H12FN/c1-6-29(5)21(13-20(28-4)30-12-8-10-24(2,3)15-30)31-16-25(17-31)11-7-9-19-22(25)18(14-26)23(27)32-19;8-6-3-4-9(5-6)7-1-2-7/h13H,6-12,15-17,27H2,1-5H3;6-7H,1-5H2/b21-13+,28-20?;. The number of hydrogen-bond donors (Lipinski definition) is 1. The van der Waals surface area contributed by atoms with E-state index in [4.69, 9.17) is 10.7 Å². The molecule has 9 heteroatoms. The second-order valence-corrected chi connectivity index (χ2v) is 14.8. The first kappa shape index (κ1) is 30.2. The van der Waals surface area contributed by atoms with Crippen molar-refractivity contribution >= 4 is 22.2 Å². The molecule has 7 nitrogen and oxygen atoms in total. The van der Waals surface area contributed by atoms with Gasteiger partial charge in [0.15, 0.2) is 0 Å². The Hall–Kier alpha value is -2.31. The second-order valence-electron chi connectivity index (χ2n) is 13.6. The monoisotopic (exact) mass is 583 g/mol. The lowest BCUT2D eigenvalue weighted by atomic mass is 9.66. The average Bonchev–Trinajstić information content (AvgIpc) is 3.59. The van der Waals surface area contributed by atoms with Gasteiger partial charge in [-0.05, 0) is 69.3 Å². The maximum absolute atomic E-state index is 12.5. The second kappa shape index (κ2) is 12.1. The molecule has 1 atom stereocenters. The molecule has 5 aliphatic rings. The molecule has 4 heterocycles. The fourth-order valence-electron chi connectivity index (χ4n) is 7.37. The van der Waals surface area contributed by atoms with Crippen LogP contribution in [0.15, 0.2) is 16.9 Å². The number of aliphatic imine (C=N–C) groups is 1. The zero-order chi connectivity index (χ0) is 29.4. The number of alkyl halides is 1. The van der Waals surface area contributed by atoms with E-state index < -0.39 is 6.17 Å². The van der Waals surface area contributed by atoms with Crippen molar-refractivity contribution in [3.05, 3.63) is 27.9 Å². The van der Waals surface area contributed by atoms with Crippen LogP contribution in [0.1, 0.15) is 81.7 Å². The number of nitriles is 1. The molecule has 1 spiro atoms. The highest BCUT2D eigenvalue weighted by atomic mass is 32.1. The first-order valence-electron chi connectivity index (χ1n) is 15.7. The maximum Gasteiger partial charge on any atom is 0.126 e. The summed E-state index contributed by atoms with van der Waals surface area (Å²) < 4.78 is 12.5. The predicted molar refractivity (Wildman–Crippen MR) is 168 cm³/mol. The minimum Gasteiger partial charge on any atom is -0.389 e. The quantitative estimate of drug-likeness (QED) is 0.378. The van der Waals surface area contributed by atoms with Gasteiger partial charge in [0.1, 0.15) is 28.9 Å². The number of aryl methyl sites for hydroxylation is 1. The van der Waals surface area contributed by atoms with Crippen LogP contribution >= 0.6 is 11.3 Å². The minimum absolute atomic E-state index is 0.0665. The topological polar surface area (TPSA) is 75.1 Å². The summed E-state index contributed by atoms with van der Waals surface area (Å²) in [5.41, 5.74) is 8.61. The van der Waals surface area contributed by atoms with Crippen molar-refractivity contribution in [1.29, 1.82) is 5.26 Å². The van der Waals surface area contributed by atoms with Gasteiger partial charge in [0.2, 0.25) is 0 Å². The SMILES string of the molecule is CCN(C)/C(=C\C(=NC)N1CCCC(C)(C)C1)N1CC2(CCCc3sc(N)c(C#N)c32)C1.FC1CCN(C2CC2)C1. The van der Waals surface area contributed by atoms with Crippen molar-refractivity contribution in [2.24, 2.45) is 10.4 Å². The molecule has 3 saturated heterocycles. The Labute approximate surface area is 250 Å². The molecule has 41 heavy (non-hydrogen) atoms. The Balaban J connectivity index is 0.000000315. The fraction of sp³-hybridized carbons (Fsp3) is 0.750. The molecule has 0 bridgehead atoms. The first-order valence-corrected chi connectivity index (χ1v) is 16.5. The molecular weight excluding hydrogens is 533 g/mol. The van der Waals surface area contributed by atoms with Crippen molar-refractivity contribution < 1.29 is 4.39 Å². The van der Waals surface area contributed by atoms with Crippen LogP contribution < -0.4 is 5.73 Å². The van der Waals surface area contributed by atoms with Gasteiger partial charge in [-0.25, -0.2) is 4.39 Å². The van der Waals surface area contributed by atoms with E-state index in [0.29, 0.717) is 17.0 Å². The highest BCUT2D eigenvalue weighted by molar-refractivity contribution is 7.16. The van der Waals surface area contributed by atoms with Crippen molar-refractivity contribution in [3.8, 4) is 6.07 Å². The van der Waals surface area contributed by atoms with Gasteiger partial charge in [-0.1, -0.05) is 13.8 Å². The largest absolute Gasteiger partial charge is 0.389 e. The summed E-state index contributed by atoms with van der Waals surface area (Å²) in [4.78, 5) is 15.6. The van der Waals surface area contributed by atoms with E-state index >= 15 is 0 Å². The van der Waals surface area contributed by atoms with Crippen LogP contribution in [0.25, 0.3) is 0 Å². The zero-order valence-corrected chi connectivity index (χ0v) is 26.7. The number of rotatable bonds is 5. The Bertz CT molecular complexity index is 1190. The van der Waals surface area contributed by atoms with Gasteiger partial charge in [0.25, 0.3) is 0 Å². The zero-order valence-electron chi connectivity index (χ0n) is 25.9. The highest BCUT2D eigenvalue weighted by Gasteiger charge is 2.50. The van der Waals surface area contributed by atoms with Crippen LogP contribution in [-0.2, 0) is 11.8 Å². The molecule has 0 radical (unpaired) electrons. The van der Waals surface area contributed by atoms with E-state index in [2.05, 4.69) is 59.6 Å². The molecule has 1 aromatic heterocycles. The number of hydrogen-bond acceptors (Lipinski definition) is 7. The lowest BCUT2D eigenvalue weighted by molar-refractivity contribution is 0.0565. The van der Waals surface area contributed by atoms with Gasteiger partial charge in [-0.2, -0.15) is 5.26 Å². The van der Waals surface area contributed by atoms with E-state index in [0.717, 1.165) is 76.0 Å². The van der Waals surface area contributed by atoms with E-state index in [9.17, 15) is 9.65 Å². The molecule has 1 unspecified atom stereocenters. The third kappa shape index (κ3) is 6.39. The number of halogens is 1. The van der Waals surface area contributed by atoms with Crippen molar-refractivity contribution in [2.45, 2.75) is 89.8 Å². The van der Waals surface area contributed by atoms with Gasteiger partial charge in [0, 0.05) is 82.3 Å². The van der Waals surface area contributed by atoms with Gasteiger partial charge < -0.3 is 20.4 Å². The van der Waals surface area contributed by atoms with E-state index in [1.54, 1.807) is 11.3 Å². The first-order chi connectivity index (χ1) is 19.6. The number of nitrogen functional groups attached to an aromatic ring is 1. The molecule has 3 aliphatic heterocycles. The molecule has 226 valence electrons. The van der Waals surface area contributed by atoms with Crippen molar-refractivity contribution in [3.63, 3.8) is 0 Å². The maximum atomic E-state index is 12.5. The molecule has 2 N–H and O–H groups in total. The summed E-state index contributed by atoms with van der Waals surface area (Å²) in [5, 5.41) is 10.5. The number of anilines is 1. The Morgan fingerprint density at radius 3 is 2.51 bits per heavy atom. The van der Waals surface area contributed by atoms with Gasteiger partial charge in [-0.15, -0.1) is 11.3 Å². The number of likely N-dealkylation sites (tertiary alicyclic amines) is 3. The molecule has 6 rings (SSSR count). The Kier molecular flexibility index (Phi) is 8.92. The van der Waals surface area contributed by atoms with Gasteiger partial charge in [0.05, 0.1) is 5.56 Å². The summed E-state index contributed by atoms with van der Waals surface area (Å²) in [6, 6.07) is 3.18. The van der Waals surface area contributed by atoms with Crippen molar-refractivity contribution in [2.75, 3.05) is 65.6 Å². The molecule has 0 amide bonds. The number of nitrogens with two attached hydrogens (primary N) is 1. The molecular formula is C32H50FN7S. The third-order valence-electron chi connectivity index (χ3n) is 9.82. The molecule has 1 aromatic rings. The van der Waals surface area contributed by atoms with E-state index in [-0.39, 0.29) is 5.41 Å². The third-order valence-corrected chi connectivity index (χ3v) is 10.9. The van der Waals surface area contributed by atoms with E-state index in [1.807, 2.05) is 7.05 Å². The van der Waals surface area contributed by atoms with Crippen molar-refractivity contribution in [1.82, 2.24) is 19.6 Å². The molecule has 2 aliphatic carbocycles. The number of thiophene rings is 1. The summed E-state index contributed by atoms with van der Waals surface area (Å²) in [6.07, 6.45) is 11.0. The Morgan fingerprint density at radius 2 is 1.93 bits per heavy atom. The fourth-order valence-corrected chi connectivity index (χ4v) is 8.55. The molecule has 0 aromatic carbocycles. The number of fused-ring (bicyclic) bond motifs is 2. The summed E-state index contributed by atoms with van der Waals surface area (Å²) in [6.45, 7) is 13.6. The molecule has 4 fully saturated rings. The van der Waals surface area contributed by atoms with Crippen LogP contribution in [0.2, 0.25) is 0 Å². The predicted octanol–water partition coefficient (Wildman–Crippen LogP) is 5.23. The smallest absolute Gasteiger partial charge is 0.126 e. The van der Waals surface area contributed by atoms with Gasteiger partial charge in [-0.3, -0.25) is 9.89 Å². The van der Waals surface area contributed by atoms with Crippen LogP contribution in [-0.4, -0.2) is 97.6 Å². The van der Waals surface area contributed by atoms with Crippen LogP contribution in [0.4, 0.5) is 9.39 Å². The van der Waals surface area contributed by atoms with Gasteiger partial charge >= 0.3 is 0 Å². The van der Waals surface area contributed by atoms with Crippen LogP contribution in [0.3, 0.4) is 0 Å². The summed E-state index contributed by atoms with van der Waals surface area (Å²) >= 11 is 1.63. The van der Waals surface area contributed by atoms with Crippen LogP contribution in [0.5, 0.6) is 0 Å². The van der Waals surface area contributed by atoms with Crippen LogP contribution in [0, 0.1) is 16.7 Å². The minimum atomic E-state index is -0.523. The van der Waals surface area contributed by atoms with E-state index in [1.165, 1.54) is 48.4 Å². The average molecular weight is 584 g/mol. The Morgan fingerprint density at radius 1 is 1.17 bits per heavy atom. The normalized spacial score (nSPS) is 25.7. The molecule has 1 saturated carbocycles. The lowest BCUT2D eigenvalue weighted by Crippen LogP contribution is -2.61. The number of nitrogens with zero attached hydrogens (tertiary/aromatic N) is 6. The summed E-state index contributed by atoms with van der Waals surface area (Å²) in [5.74, 6) is 2.31. The highest BCUT2D eigenvalue weighted by Crippen LogP contribution is 2.51. The lowest BCUT2D eigenvalue weighted by Gasteiger charge is -2.55. The number of piperidine rings is 1. The summed E-state index contributed by atoms with van der Waals surface area (Å²) in [7, 11) is 4.08. The number of amidine groups is 1.